The molecule has 2 unspecified atom stereocenters. The van der Waals surface area contributed by atoms with Gasteiger partial charge in [-0.25, -0.2) is 4.98 Å². The van der Waals surface area contributed by atoms with E-state index in [1.165, 1.54) is 5.69 Å². The fourth-order valence-corrected chi connectivity index (χ4v) is 2.52. The molecule has 92 valence electrons. The predicted molar refractivity (Wildman–Crippen MR) is 69.1 cm³/mol. The number of aryl methyl sites for hydroxylation is 1. The minimum absolute atomic E-state index is 0.492. The van der Waals surface area contributed by atoms with Gasteiger partial charge in [-0.15, -0.1) is 11.3 Å². The fraction of sp³-hybridized carbons (Fsp3) is 0.750. The average Bonchev–Trinajstić information content (AvgIpc) is 2.63. The molecule has 1 heterocycles. The lowest BCUT2D eigenvalue weighted by Crippen LogP contribution is -2.30. The molecule has 0 bridgehead atoms. The number of rotatable bonds is 7. The van der Waals surface area contributed by atoms with Crippen molar-refractivity contribution in [2.24, 2.45) is 5.92 Å². The Hall–Kier alpha value is -0.450. The summed E-state index contributed by atoms with van der Waals surface area (Å²) in [6.07, 6.45) is 2.13. The highest BCUT2D eigenvalue weighted by molar-refractivity contribution is 7.09. The lowest BCUT2D eigenvalue weighted by Gasteiger charge is -2.19. The van der Waals surface area contributed by atoms with E-state index in [1.54, 1.807) is 18.4 Å². The topological polar surface area (TPSA) is 34.2 Å². The number of methoxy groups -OCH3 is 1. The van der Waals surface area contributed by atoms with Crippen molar-refractivity contribution in [2.45, 2.75) is 32.7 Å². The van der Waals surface area contributed by atoms with E-state index in [0.717, 1.165) is 24.5 Å². The van der Waals surface area contributed by atoms with Gasteiger partial charge >= 0.3 is 0 Å². The number of ether oxygens (including phenoxy) is 1. The van der Waals surface area contributed by atoms with Gasteiger partial charge in [-0.05, 0) is 26.3 Å². The van der Waals surface area contributed by atoms with Crippen LogP contribution in [0.25, 0.3) is 0 Å². The summed E-state index contributed by atoms with van der Waals surface area (Å²) in [4.78, 5) is 4.50. The first-order chi connectivity index (χ1) is 7.65. The Morgan fingerprint density at radius 2 is 2.31 bits per heavy atom. The van der Waals surface area contributed by atoms with E-state index in [2.05, 4.69) is 29.5 Å². The third-order valence-corrected chi connectivity index (χ3v) is 3.49. The molecule has 0 aliphatic heterocycles. The van der Waals surface area contributed by atoms with E-state index in [9.17, 15) is 0 Å². The van der Waals surface area contributed by atoms with Crippen LogP contribution in [0.5, 0.6) is 0 Å². The highest BCUT2D eigenvalue weighted by atomic mass is 32.1. The van der Waals surface area contributed by atoms with Crippen molar-refractivity contribution in [3.05, 3.63) is 16.1 Å². The maximum atomic E-state index is 5.16. The van der Waals surface area contributed by atoms with Crippen LogP contribution in [0.4, 0.5) is 0 Å². The van der Waals surface area contributed by atoms with Crippen molar-refractivity contribution in [1.82, 2.24) is 10.3 Å². The molecule has 0 aliphatic carbocycles. The summed E-state index contributed by atoms with van der Waals surface area (Å²) in [5, 5.41) is 6.66. The molecule has 0 spiro atoms. The van der Waals surface area contributed by atoms with Gasteiger partial charge in [-0.2, -0.15) is 0 Å². The fourth-order valence-electron chi connectivity index (χ4n) is 1.90. The lowest BCUT2D eigenvalue weighted by atomic mass is 9.99. The number of thiazole rings is 1. The van der Waals surface area contributed by atoms with Crippen LogP contribution in [0.3, 0.4) is 0 Å². The maximum absolute atomic E-state index is 5.16. The number of hydrogen-bond acceptors (Lipinski definition) is 4. The second-order valence-electron chi connectivity index (χ2n) is 4.34. The van der Waals surface area contributed by atoms with Crippen LogP contribution in [-0.4, -0.2) is 31.8 Å². The van der Waals surface area contributed by atoms with Gasteiger partial charge in [0.15, 0.2) is 0 Å². The summed E-state index contributed by atoms with van der Waals surface area (Å²) in [5.41, 5.74) is 1.20. The summed E-state index contributed by atoms with van der Waals surface area (Å²) in [5.74, 6) is 0.585. The number of nitrogens with zero attached hydrogens (tertiary/aromatic N) is 1. The second kappa shape index (κ2) is 6.99. The molecule has 1 aromatic heterocycles. The van der Waals surface area contributed by atoms with E-state index in [4.69, 9.17) is 4.74 Å². The Morgan fingerprint density at radius 1 is 1.56 bits per heavy atom. The number of aromatic nitrogens is 1. The maximum Gasteiger partial charge on any atom is 0.0897 e. The van der Waals surface area contributed by atoms with Gasteiger partial charge in [-0.3, -0.25) is 0 Å². The minimum atomic E-state index is 0.492. The van der Waals surface area contributed by atoms with E-state index < -0.39 is 0 Å². The van der Waals surface area contributed by atoms with Crippen LogP contribution in [0, 0.1) is 12.8 Å². The molecule has 0 saturated carbocycles. The van der Waals surface area contributed by atoms with Gasteiger partial charge in [0, 0.05) is 31.6 Å². The largest absolute Gasteiger partial charge is 0.384 e. The Kier molecular flexibility index (Phi) is 5.95. The zero-order valence-corrected chi connectivity index (χ0v) is 11.4. The van der Waals surface area contributed by atoms with Gasteiger partial charge in [0.25, 0.3) is 0 Å². The van der Waals surface area contributed by atoms with Gasteiger partial charge in [0.05, 0.1) is 10.7 Å². The molecule has 1 rings (SSSR count). The Bertz CT molecular complexity index is 301. The number of likely N-dealkylation sites (N-methyl/N-ethyl adjacent to an activating group) is 1. The third kappa shape index (κ3) is 4.60. The Morgan fingerprint density at radius 3 is 2.81 bits per heavy atom. The SMILES string of the molecule is CNC(Cc1csc(C)n1)CC(C)COC. The van der Waals surface area contributed by atoms with Gasteiger partial charge in [0.1, 0.15) is 0 Å². The number of hydrogen-bond donors (Lipinski definition) is 1. The lowest BCUT2D eigenvalue weighted by molar-refractivity contribution is 0.150. The van der Waals surface area contributed by atoms with Crippen molar-refractivity contribution >= 4 is 11.3 Å². The Labute approximate surface area is 102 Å². The summed E-state index contributed by atoms with van der Waals surface area (Å²) < 4.78 is 5.16. The van der Waals surface area contributed by atoms with Gasteiger partial charge < -0.3 is 10.1 Å². The van der Waals surface area contributed by atoms with Crippen molar-refractivity contribution in [3.8, 4) is 0 Å². The summed E-state index contributed by atoms with van der Waals surface area (Å²) in [6, 6.07) is 0.492. The second-order valence-corrected chi connectivity index (χ2v) is 5.41. The first-order valence-corrected chi connectivity index (χ1v) is 6.60. The van der Waals surface area contributed by atoms with Crippen molar-refractivity contribution in [2.75, 3.05) is 20.8 Å². The highest BCUT2D eigenvalue weighted by Gasteiger charge is 2.13. The third-order valence-electron chi connectivity index (χ3n) is 2.67. The molecule has 4 heteroatoms. The standard InChI is InChI=1S/C12H22N2OS/c1-9(7-15-4)5-11(13-3)6-12-8-16-10(2)14-12/h8-9,11,13H,5-7H2,1-4H3. The molecule has 0 fully saturated rings. The molecule has 2 atom stereocenters. The molecule has 1 aromatic rings. The molecule has 0 saturated heterocycles. The monoisotopic (exact) mass is 242 g/mol. The smallest absolute Gasteiger partial charge is 0.0897 e. The average molecular weight is 242 g/mol. The van der Waals surface area contributed by atoms with Gasteiger partial charge in [-0.1, -0.05) is 6.92 Å². The molecule has 0 aliphatic rings. The molecule has 1 N–H and O–H groups in total. The summed E-state index contributed by atoms with van der Waals surface area (Å²) >= 11 is 1.72. The molecule has 16 heavy (non-hydrogen) atoms. The van der Waals surface area contributed by atoms with E-state index in [1.807, 2.05) is 7.05 Å². The van der Waals surface area contributed by atoms with Crippen LogP contribution in [0.15, 0.2) is 5.38 Å². The Balaban J connectivity index is 2.42. The van der Waals surface area contributed by atoms with Crippen molar-refractivity contribution < 1.29 is 4.74 Å². The highest BCUT2D eigenvalue weighted by Crippen LogP contribution is 2.14. The molecule has 0 aromatic carbocycles. The summed E-state index contributed by atoms with van der Waals surface area (Å²) in [7, 11) is 3.78. The van der Waals surface area contributed by atoms with E-state index in [0.29, 0.717) is 12.0 Å². The van der Waals surface area contributed by atoms with Crippen LogP contribution in [0.1, 0.15) is 24.0 Å². The molecule has 3 nitrogen and oxygen atoms in total. The van der Waals surface area contributed by atoms with Crippen molar-refractivity contribution in [3.63, 3.8) is 0 Å². The minimum Gasteiger partial charge on any atom is -0.384 e. The van der Waals surface area contributed by atoms with E-state index >= 15 is 0 Å². The van der Waals surface area contributed by atoms with Crippen LogP contribution < -0.4 is 5.32 Å². The predicted octanol–water partition coefficient (Wildman–Crippen LogP) is 2.25. The zero-order valence-electron chi connectivity index (χ0n) is 10.6. The zero-order chi connectivity index (χ0) is 12.0. The quantitative estimate of drug-likeness (QED) is 0.796. The normalized spacial score (nSPS) is 15.0. The first kappa shape index (κ1) is 13.6. The molecular weight excluding hydrogens is 220 g/mol. The van der Waals surface area contributed by atoms with Gasteiger partial charge in [0.2, 0.25) is 0 Å². The molecule has 0 radical (unpaired) electrons. The van der Waals surface area contributed by atoms with E-state index in [-0.39, 0.29) is 0 Å². The van der Waals surface area contributed by atoms with Crippen LogP contribution in [0.2, 0.25) is 0 Å². The van der Waals surface area contributed by atoms with Crippen molar-refractivity contribution in [1.29, 1.82) is 0 Å². The molecular formula is C12H22N2OS. The number of nitrogens with one attached hydrogen (secondary N) is 1. The summed E-state index contributed by atoms with van der Waals surface area (Å²) in [6.45, 7) is 5.10. The molecule has 0 amide bonds. The van der Waals surface area contributed by atoms with Crippen LogP contribution >= 0.6 is 11.3 Å². The van der Waals surface area contributed by atoms with Crippen LogP contribution in [-0.2, 0) is 11.2 Å². The first-order valence-electron chi connectivity index (χ1n) is 5.73.